The molecule has 2 heterocycles. The first-order valence-electron chi connectivity index (χ1n) is 11.8. The molecule has 0 fully saturated rings. The second-order valence-corrected chi connectivity index (χ2v) is 7.96. The lowest BCUT2D eigenvalue weighted by Gasteiger charge is -2.11. The molecule has 0 aliphatic carbocycles. The molecule has 0 spiro atoms. The smallest absolute Gasteiger partial charge is 0.256 e. The zero-order valence-corrected chi connectivity index (χ0v) is 20.0. The minimum Gasteiger partial charge on any atom is -0.382 e. The van der Waals surface area contributed by atoms with Crippen molar-refractivity contribution < 1.29 is 14.3 Å². The Kier molecular flexibility index (Phi) is 7.84. The topological polar surface area (TPSA) is 98.1 Å². The van der Waals surface area contributed by atoms with Gasteiger partial charge in [0.05, 0.1) is 22.8 Å². The van der Waals surface area contributed by atoms with E-state index in [4.69, 9.17) is 9.72 Å². The van der Waals surface area contributed by atoms with Crippen LogP contribution in [-0.4, -0.2) is 46.3 Å². The summed E-state index contributed by atoms with van der Waals surface area (Å²) < 4.78 is 7.07. The monoisotopic (exact) mass is 471 g/mol. The molecule has 8 nitrogen and oxygen atoms in total. The number of aromatic nitrogens is 3. The standard InChI is InChI=1S/C27H29N5O3/c1-3-32-25-23(18-29-32)22(17-24(31-25)19-10-6-5-7-11-19)27(34)30-21-13-8-12-20(16-21)26(33)28-14-9-15-35-4-2/h5-8,10-13,16-18H,3-4,9,14-15H2,1-2H3,(H,28,33)(H,30,34). The van der Waals surface area contributed by atoms with Gasteiger partial charge in [-0.25, -0.2) is 9.67 Å². The highest BCUT2D eigenvalue weighted by atomic mass is 16.5. The maximum absolute atomic E-state index is 13.4. The van der Waals surface area contributed by atoms with Crippen molar-refractivity contribution in [2.24, 2.45) is 0 Å². The Labute approximate surface area is 204 Å². The SMILES string of the molecule is CCOCCCNC(=O)c1cccc(NC(=O)c2cc(-c3ccccc3)nc3c2cnn3CC)c1. The Hall–Kier alpha value is -4.04. The number of rotatable bonds is 10. The first-order valence-corrected chi connectivity index (χ1v) is 11.8. The van der Waals surface area contributed by atoms with Crippen molar-refractivity contribution in [2.75, 3.05) is 25.1 Å². The molecule has 4 rings (SSSR count). The number of nitrogens with zero attached hydrogens (tertiary/aromatic N) is 3. The van der Waals surface area contributed by atoms with Crippen molar-refractivity contribution in [1.82, 2.24) is 20.1 Å². The normalized spacial score (nSPS) is 10.9. The van der Waals surface area contributed by atoms with E-state index >= 15 is 0 Å². The molecule has 2 amide bonds. The van der Waals surface area contributed by atoms with Gasteiger partial charge >= 0.3 is 0 Å². The predicted octanol–water partition coefficient (Wildman–Crippen LogP) is 4.53. The van der Waals surface area contributed by atoms with Crippen LogP contribution in [0.25, 0.3) is 22.3 Å². The summed E-state index contributed by atoms with van der Waals surface area (Å²) in [6.07, 6.45) is 2.41. The summed E-state index contributed by atoms with van der Waals surface area (Å²) in [4.78, 5) is 30.7. The largest absolute Gasteiger partial charge is 0.382 e. The van der Waals surface area contributed by atoms with Crippen molar-refractivity contribution in [3.63, 3.8) is 0 Å². The lowest BCUT2D eigenvalue weighted by molar-refractivity contribution is 0.0943. The Balaban J connectivity index is 1.57. The number of nitrogens with one attached hydrogen (secondary N) is 2. The van der Waals surface area contributed by atoms with E-state index in [1.165, 1.54) is 0 Å². The Morgan fingerprint density at radius 2 is 1.83 bits per heavy atom. The van der Waals surface area contributed by atoms with Gasteiger partial charge in [0.15, 0.2) is 5.65 Å². The molecular weight excluding hydrogens is 442 g/mol. The quantitative estimate of drug-likeness (QED) is 0.331. The number of amides is 2. The third-order valence-corrected chi connectivity index (χ3v) is 5.56. The van der Waals surface area contributed by atoms with Crippen molar-refractivity contribution >= 4 is 28.5 Å². The average Bonchev–Trinajstić information content (AvgIpc) is 3.31. The number of hydrogen-bond donors (Lipinski definition) is 2. The minimum absolute atomic E-state index is 0.195. The number of aryl methyl sites for hydroxylation is 1. The molecule has 8 heteroatoms. The van der Waals surface area contributed by atoms with Crippen LogP contribution >= 0.6 is 0 Å². The summed E-state index contributed by atoms with van der Waals surface area (Å²) in [7, 11) is 0. The summed E-state index contributed by atoms with van der Waals surface area (Å²) in [5.74, 6) is -0.487. The predicted molar refractivity (Wildman–Crippen MR) is 136 cm³/mol. The highest BCUT2D eigenvalue weighted by molar-refractivity contribution is 6.13. The summed E-state index contributed by atoms with van der Waals surface area (Å²) in [5, 5.41) is 10.9. The number of pyridine rings is 1. The van der Waals surface area contributed by atoms with Gasteiger partial charge in [-0.3, -0.25) is 9.59 Å². The summed E-state index contributed by atoms with van der Waals surface area (Å²) in [5.41, 5.74) is 3.74. The molecule has 0 saturated carbocycles. The zero-order valence-electron chi connectivity index (χ0n) is 20.0. The number of ether oxygens (including phenoxy) is 1. The molecule has 0 aliphatic rings. The van der Waals surface area contributed by atoms with E-state index in [9.17, 15) is 9.59 Å². The molecule has 35 heavy (non-hydrogen) atoms. The molecule has 0 atom stereocenters. The number of carbonyl (C=O) groups excluding carboxylic acids is 2. The van der Waals surface area contributed by atoms with Crippen LogP contribution in [0.3, 0.4) is 0 Å². The van der Waals surface area contributed by atoms with Gasteiger partial charge in [-0.15, -0.1) is 0 Å². The van der Waals surface area contributed by atoms with Crippen molar-refractivity contribution in [1.29, 1.82) is 0 Å². The van der Waals surface area contributed by atoms with E-state index < -0.39 is 0 Å². The lowest BCUT2D eigenvalue weighted by Crippen LogP contribution is -2.25. The van der Waals surface area contributed by atoms with Crippen LogP contribution in [0.15, 0.2) is 66.9 Å². The highest BCUT2D eigenvalue weighted by Gasteiger charge is 2.18. The fraction of sp³-hybridized carbons (Fsp3) is 0.259. The molecule has 180 valence electrons. The van der Waals surface area contributed by atoms with E-state index in [2.05, 4.69) is 15.7 Å². The first kappa shape index (κ1) is 24.1. The van der Waals surface area contributed by atoms with Crippen LogP contribution in [0.4, 0.5) is 5.69 Å². The maximum atomic E-state index is 13.4. The number of carbonyl (C=O) groups is 2. The van der Waals surface area contributed by atoms with E-state index in [0.717, 1.165) is 12.0 Å². The van der Waals surface area contributed by atoms with Crippen LogP contribution in [0.5, 0.6) is 0 Å². The fourth-order valence-corrected chi connectivity index (χ4v) is 3.78. The second-order valence-electron chi connectivity index (χ2n) is 7.96. The van der Waals surface area contributed by atoms with E-state index in [0.29, 0.717) is 59.8 Å². The Bertz CT molecular complexity index is 1320. The van der Waals surface area contributed by atoms with Gasteiger partial charge < -0.3 is 15.4 Å². The van der Waals surface area contributed by atoms with Crippen LogP contribution in [0, 0.1) is 0 Å². The van der Waals surface area contributed by atoms with Gasteiger partial charge in [-0.05, 0) is 44.5 Å². The van der Waals surface area contributed by atoms with Crippen molar-refractivity contribution in [3.05, 3.63) is 78.0 Å². The van der Waals surface area contributed by atoms with Gasteiger partial charge in [-0.1, -0.05) is 36.4 Å². The molecular formula is C27H29N5O3. The van der Waals surface area contributed by atoms with Crippen LogP contribution in [0.1, 0.15) is 41.0 Å². The number of fused-ring (bicyclic) bond motifs is 1. The van der Waals surface area contributed by atoms with Gasteiger partial charge in [-0.2, -0.15) is 5.10 Å². The van der Waals surface area contributed by atoms with E-state index in [1.807, 2.05) is 44.2 Å². The van der Waals surface area contributed by atoms with Gasteiger partial charge in [0, 0.05) is 43.1 Å². The van der Waals surface area contributed by atoms with E-state index in [-0.39, 0.29) is 11.8 Å². The third kappa shape index (κ3) is 5.73. The fourth-order valence-electron chi connectivity index (χ4n) is 3.78. The molecule has 0 aliphatic heterocycles. The van der Waals surface area contributed by atoms with Crippen LogP contribution < -0.4 is 10.6 Å². The van der Waals surface area contributed by atoms with E-state index in [1.54, 1.807) is 41.2 Å². The summed E-state index contributed by atoms with van der Waals surface area (Å²) in [6.45, 7) is 6.34. The number of hydrogen-bond acceptors (Lipinski definition) is 5. The lowest BCUT2D eigenvalue weighted by atomic mass is 10.1. The van der Waals surface area contributed by atoms with Crippen molar-refractivity contribution in [3.8, 4) is 11.3 Å². The molecule has 4 aromatic rings. The molecule has 0 bridgehead atoms. The average molecular weight is 472 g/mol. The molecule has 2 N–H and O–H groups in total. The van der Waals surface area contributed by atoms with Crippen molar-refractivity contribution in [2.45, 2.75) is 26.8 Å². The zero-order chi connectivity index (χ0) is 24.6. The Morgan fingerprint density at radius 3 is 2.60 bits per heavy atom. The number of benzene rings is 2. The summed E-state index contributed by atoms with van der Waals surface area (Å²) >= 11 is 0. The molecule has 0 saturated heterocycles. The van der Waals surface area contributed by atoms with Gasteiger partial charge in [0.1, 0.15) is 0 Å². The number of anilines is 1. The van der Waals surface area contributed by atoms with Crippen LogP contribution in [0.2, 0.25) is 0 Å². The molecule has 0 unspecified atom stereocenters. The third-order valence-electron chi connectivity index (χ3n) is 5.56. The summed E-state index contributed by atoms with van der Waals surface area (Å²) in [6, 6.07) is 18.4. The Morgan fingerprint density at radius 1 is 1.00 bits per heavy atom. The van der Waals surface area contributed by atoms with Gasteiger partial charge in [0.2, 0.25) is 0 Å². The minimum atomic E-state index is -0.292. The van der Waals surface area contributed by atoms with Gasteiger partial charge in [0.25, 0.3) is 11.8 Å². The van der Waals surface area contributed by atoms with Crippen LogP contribution in [-0.2, 0) is 11.3 Å². The molecule has 2 aromatic carbocycles. The second kappa shape index (κ2) is 11.4. The highest BCUT2D eigenvalue weighted by Crippen LogP contribution is 2.26. The maximum Gasteiger partial charge on any atom is 0.256 e. The molecule has 0 radical (unpaired) electrons. The first-order chi connectivity index (χ1) is 17.1. The molecule has 2 aromatic heterocycles.